The van der Waals surface area contributed by atoms with Crippen molar-refractivity contribution in [2.24, 2.45) is 0 Å². The van der Waals surface area contributed by atoms with Crippen molar-refractivity contribution in [1.82, 2.24) is 0 Å². The molecule has 0 bridgehead atoms. The van der Waals surface area contributed by atoms with Gasteiger partial charge in [-0.1, -0.05) is 0 Å². The zero-order valence-electron chi connectivity index (χ0n) is 8.33. The molecule has 0 N–H and O–H groups in total. The second-order valence-corrected chi connectivity index (χ2v) is 17.8. The van der Waals surface area contributed by atoms with Gasteiger partial charge in [-0.3, -0.25) is 0 Å². The quantitative estimate of drug-likeness (QED) is 0.558. The molecule has 0 amide bonds. The standard InChI is InChI=1S/4C2H5.CH3.Ti/c4*1-2;;/h4*1H2,2H3;1H3;. The van der Waals surface area contributed by atoms with Crippen molar-refractivity contribution >= 4 is 0 Å². The van der Waals surface area contributed by atoms with Crippen molar-refractivity contribution in [3.8, 4) is 0 Å². The first-order chi connectivity index (χ1) is 4.54. The molecule has 0 radical (unpaired) electrons. The van der Waals surface area contributed by atoms with Crippen molar-refractivity contribution in [1.29, 1.82) is 0 Å². The van der Waals surface area contributed by atoms with Gasteiger partial charge in [-0.25, -0.2) is 0 Å². The van der Waals surface area contributed by atoms with Gasteiger partial charge in [0.1, 0.15) is 0 Å². The molecule has 0 aliphatic rings. The molecule has 0 aromatic heterocycles. The van der Waals surface area contributed by atoms with Crippen LogP contribution < -0.4 is 0 Å². The van der Waals surface area contributed by atoms with Gasteiger partial charge in [-0.15, -0.1) is 0 Å². The Morgan fingerprint density at radius 1 is 0.700 bits per heavy atom. The Morgan fingerprint density at radius 2 is 0.900 bits per heavy atom. The Balaban J connectivity index is 4.42. The molecule has 0 aliphatic heterocycles. The zero-order valence-corrected chi connectivity index (χ0v) is 9.89. The van der Waals surface area contributed by atoms with Crippen LogP contribution in [0, 0.1) is 0 Å². The summed E-state index contributed by atoms with van der Waals surface area (Å²) in [5.74, 6) is 0. The third-order valence-electron chi connectivity index (χ3n) is 4.41. The minimum absolute atomic E-state index is 1.50. The van der Waals surface area contributed by atoms with Gasteiger partial charge in [0, 0.05) is 0 Å². The Hall–Kier alpha value is 0.714. The van der Waals surface area contributed by atoms with E-state index in [1.807, 2.05) is 0 Å². The maximum absolute atomic E-state index is 2.62. The molecule has 0 nitrogen and oxygen atoms in total. The fraction of sp³-hybridized carbons (Fsp3) is 1.00. The van der Waals surface area contributed by atoms with E-state index >= 15 is 0 Å². The molecular formula is C9H23Ti. The van der Waals surface area contributed by atoms with Crippen LogP contribution in [0.2, 0.25) is 24.1 Å². The summed E-state index contributed by atoms with van der Waals surface area (Å²) >= 11 is -1.81. The van der Waals surface area contributed by atoms with Gasteiger partial charge >= 0.3 is 67.1 Å². The van der Waals surface area contributed by atoms with E-state index in [0.29, 0.717) is 0 Å². The predicted molar refractivity (Wildman–Crippen MR) is 47.8 cm³/mol. The number of hydrogen-bond donors (Lipinski definition) is 0. The Labute approximate surface area is 67.3 Å². The summed E-state index contributed by atoms with van der Waals surface area (Å²) in [7, 11) is 0. The van der Waals surface area contributed by atoms with E-state index in [0.717, 1.165) is 0 Å². The van der Waals surface area contributed by atoms with Crippen molar-refractivity contribution in [2.75, 3.05) is 0 Å². The molecule has 0 aliphatic carbocycles. The molecule has 10 heavy (non-hydrogen) atoms. The van der Waals surface area contributed by atoms with E-state index in [4.69, 9.17) is 0 Å². The molecule has 0 fully saturated rings. The summed E-state index contributed by atoms with van der Waals surface area (Å²) in [5, 5.41) is 2.62. The molecule has 0 saturated heterocycles. The second kappa shape index (κ2) is 3.41. The van der Waals surface area contributed by atoms with Crippen molar-refractivity contribution in [2.45, 2.75) is 51.8 Å². The normalized spacial score (nSPS) is 16.3. The molecule has 63 valence electrons. The molecule has 0 aromatic rings. The van der Waals surface area contributed by atoms with Crippen LogP contribution in [0.1, 0.15) is 27.7 Å². The number of hydrogen-bond acceptors (Lipinski definition) is 0. The molecule has 0 heterocycles. The van der Waals surface area contributed by atoms with Crippen LogP contribution in [0.4, 0.5) is 0 Å². The average molecular weight is 179 g/mol. The van der Waals surface area contributed by atoms with Crippen molar-refractivity contribution in [3.05, 3.63) is 0 Å². The molecular weight excluding hydrogens is 156 g/mol. The summed E-state index contributed by atoms with van der Waals surface area (Å²) in [6.45, 7) is 9.59. The molecule has 0 spiro atoms. The van der Waals surface area contributed by atoms with Gasteiger partial charge in [0.2, 0.25) is 0 Å². The van der Waals surface area contributed by atoms with Crippen LogP contribution >= 0.6 is 0 Å². The first-order valence-corrected chi connectivity index (χ1v) is 10.7. The van der Waals surface area contributed by atoms with E-state index in [9.17, 15) is 0 Å². The fourth-order valence-electron chi connectivity index (χ4n) is 1.50. The summed E-state index contributed by atoms with van der Waals surface area (Å²) in [5.41, 5.74) is 0. The average Bonchev–Trinajstić information content (AvgIpc) is 2.04. The van der Waals surface area contributed by atoms with Gasteiger partial charge in [0.25, 0.3) is 0 Å². The molecule has 1 heteroatoms. The molecule has 0 rings (SSSR count). The summed E-state index contributed by atoms with van der Waals surface area (Å²) in [6, 6.07) is 0. The van der Waals surface area contributed by atoms with Crippen molar-refractivity contribution in [3.63, 3.8) is 0 Å². The van der Waals surface area contributed by atoms with Crippen LogP contribution in [0.3, 0.4) is 0 Å². The maximum atomic E-state index is 2.62. The third-order valence-corrected chi connectivity index (χ3v) is 18.2. The topological polar surface area (TPSA) is 0 Å². The number of rotatable bonds is 4. The van der Waals surface area contributed by atoms with E-state index < -0.39 is 15.3 Å². The minimum atomic E-state index is -1.81. The van der Waals surface area contributed by atoms with E-state index in [1.54, 1.807) is 0 Å². The van der Waals surface area contributed by atoms with Crippen LogP contribution in [0.5, 0.6) is 0 Å². The van der Waals surface area contributed by atoms with Crippen LogP contribution in [-0.2, 0) is 15.3 Å². The van der Waals surface area contributed by atoms with E-state index in [-0.39, 0.29) is 0 Å². The second-order valence-electron chi connectivity index (χ2n) is 4.33. The van der Waals surface area contributed by atoms with Crippen LogP contribution in [0.25, 0.3) is 0 Å². The fourth-order valence-corrected chi connectivity index (χ4v) is 6.18. The zero-order chi connectivity index (χ0) is 8.28. The van der Waals surface area contributed by atoms with Crippen LogP contribution in [0.15, 0.2) is 0 Å². The van der Waals surface area contributed by atoms with Crippen LogP contribution in [-0.4, -0.2) is 0 Å². The predicted octanol–water partition coefficient (Wildman–Crippen LogP) is 4.48. The van der Waals surface area contributed by atoms with Gasteiger partial charge < -0.3 is 0 Å². The summed E-state index contributed by atoms with van der Waals surface area (Å²) in [6.07, 6.45) is 0. The van der Waals surface area contributed by atoms with Crippen molar-refractivity contribution < 1.29 is 15.3 Å². The van der Waals surface area contributed by atoms with Gasteiger partial charge in [-0.05, 0) is 0 Å². The summed E-state index contributed by atoms with van der Waals surface area (Å²) in [4.78, 5) is 0. The molecule has 0 saturated carbocycles. The SMILES string of the molecule is C[CH2][Ti]([CH3])([CH2]C)([CH2]C)[CH2]C. The Kier molecular flexibility index (Phi) is 3.65. The van der Waals surface area contributed by atoms with Gasteiger partial charge in [0.15, 0.2) is 0 Å². The monoisotopic (exact) mass is 179 g/mol. The first kappa shape index (κ1) is 10.7. The van der Waals surface area contributed by atoms with E-state index in [1.165, 1.54) is 18.9 Å². The first-order valence-electron chi connectivity index (χ1n) is 4.74. The van der Waals surface area contributed by atoms with E-state index in [2.05, 4.69) is 32.9 Å². The molecule has 0 unspecified atom stereocenters. The third kappa shape index (κ3) is 1.86. The Bertz CT molecular complexity index is 79.8. The Morgan fingerprint density at radius 3 is 0.900 bits per heavy atom. The summed E-state index contributed by atoms with van der Waals surface area (Å²) < 4.78 is 6.00. The van der Waals surface area contributed by atoms with Gasteiger partial charge in [-0.2, -0.15) is 0 Å². The molecule has 0 atom stereocenters. The molecule has 0 aromatic carbocycles. The van der Waals surface area contributed by atoms with Gasteiger partial charge in [0.05, 0.1) is 0 Å².